The molecule has 9 heteroatoms. The molecule has 1 N–H and O–H groups in total. The second-order valence-electron chi connectivity index (χ2n) is 4.31. The maximum Gasteiger partial charge on any atom is 0.273 e. The van der Waals surface area contributed by atoms with Crippen molar-refractivity contribution in [2.75, 3.05) is 26.2 Å². The lowest BCUT2D eigenvalue weighted by Crippen LogP contribution is -2.46. The van der Waals surface area contributed by atoms with Crippen LogP contribution in [0.25, 0.3) is 0 Å². The molecule has 2 rings (SSSR count). The summed E-state index contributed by atoms with van der Waals surface area (Å²) in [6.07, 6.45) is 0. The third-order valence-electron chi connectivity index (χ3n) is 3.15. The number of rotatable bonds is 3. The van der Waals surface area contributed by atoms with Gasteiger partial charge < -0.3 is 5.32 Å². The smallest absolute Gasteiger partial charge is 0.273 e. The molecule has 1 saturated heterocycles. The molecule has 0 unspecified atom stereocenters. The molecule has 1 fully saturated rings. The third-order valence-corrected chi connectivity index (χ3v) is 5.19. The zero-order valence-electron chi connectivity index (χ0n) is 10.9. The third kappa shape index (κ3) is 3.09. The van der Waals surface area contributed by atoms with E-state index in [1.807, 2.05) is 0 Å². The van der Waals surface area contributed by atoms with E-state index in [2.05, 4.69) is 5.32 Å². The van der Waals surface area contributed by atoms with Crippen LogP contribution >= 0.6 is 12.4 Å². The number of benzene rings is 1. The van der Waals surface area contributed by atoms with Crippen molar-refractivity contribution >= 4 is 28.1 Å². The predicted octanol–water partition coefficient (Wildman–Crippen LogP) is 0.919. The molecule has 1 heterocycles. The first-order valence-corrected chi connectivity index (χ1v) is 7.33. The summed E-state index contributed by atoms with van der Waals surface area (Å²) < 4.78 is 26.3. The van der Waals surface area contributed by atoms with E-state index in [-0.39, 0.29) is 28.6 Å². The van der Waals surface area contributed by atoms with Gasteiger partial charge in [0.2, 0.25) is 10.0 Å². The summed E-state index contributed by atoms with van der Waals surface area (Å²) in [7, 11) is -3.66. The molecule has 0 saturated carbocycles. The zero-order chi connectivity index (χ0) is 14.0. The highest BCUT2D eigenvalue weighted by atomic mass is 35.5. The first kappa shape index (κ1) is 16.8. The number of nitro groups is 1. The van der Waals surface area contributed by atoms with Gasteiger partial charge in [-0.2, -0.15) is 4.31 Å². The van der Waals surface area contributed by atoms with Gasteiger partial charge in [0.05, 0.1) is 9.82 Å². The van der Waals surface area contributed by atoms with Crippen LogP contribution in [0.4, 0.5) is 5.69 Å². The quantitative estimate of drug-likeness (QED) is 0.660. The van der Waals surface area contributed by atoms with Crippen molar-refractivity contribution in [2.45, 2.75) is 11.8 Å². The number of halogens is 1. The molecule has 112 valence electrons. The van der Waals surface area contributed by atoms with Crippen LogP contribution in [0.1, 0.15) is 5.56 Å². The largest absolute Gasteiger partial charge is 0.314 e. The average molecular weight is 322 g/mol. The molecule has 0 aromatic heterocycles. The van der Waals surface area contributed by atoms with E-state index in [0.29, 0.717) is 26.2 Å². The Kier molecular flexibility index (Phi) is 5.46. The molecule has 1 aliphatic rings. The Morgan fingerprint density at radius 3 is 2.45 bits per heavy atom. The summed E-state index contributed by atoms with van der Waals surface area (Å²) in [5, 5.41) is 13.9. The molecule has 1 aliphatic heterocycles. The first-order chi connectivity index (χ1) is 8.94. The topological polar surface area (TPSA) is 92.5 Å². The summed E-state index contributed by atoms with van der Waals surface area (Å²) in [5.74, 6) is 0. The molecule has 7 nitrogen and oxygen atoms in total. The lowest BCUT2D eigenvalue weighted by atomic mass is 10.2. The van der Waals surface area contributed by atoms with Crippen LogP contribution in [0, 0.1) is 17.0 Å². The Bertz CT molecular complexity index is 600. The fraction of sp³-hybridized carbons (Fsp3) is 0.455. The minimum Gasteiger partial charge on any atom is -0.314 e. The van der Waals surface area contributed by atoms with Crippen LogP contribution in [0.5, 0.6) is 0 Å². The number of piperazine rings is 1. The lowest BCUT2D eigenvalue weighted by Gasteiger charge is -2.27. The number of sulfonamides is 1. The van der Waals surface area contributed by atoms with E-state index in [1.165, 1.54) is 29.4 Å². The molecule has 20 heavy (non-hydrogen) atoms. The van der Waals surface area contributed by atoms with Gasteiger partial charge in [-0.05, 0) is 13.0 Å². The van der Waals surface area contributed by atoms with E-state index in [1.54, 1.807) is 0 Å². The van der Waals surface area contributed by atoms with Crippen LogP contribution in [0.3, 0.4) is 0 Å². The highest BCUT2D eigenvalue weighted by Crippen LogP contribution is 2.27. The monoisotopic (exact) mass is 321 g/mol. The fourth-order valence-electron chi connectivity index (χ4n) is 2.10. The average Bonchev–Trinajstić information content (AvgIpc) is 2.39. The van der Waals surface area contributed by atoms with Gasteiger partial charge in [-0.3, -0.25) is 10.1 Å². The summed E-state index contributed by atoms with van der Waals surface area (Å²) in [5.41, 5.74) is 0.0160. The van der Waals surface area contributed by atoms with E-state index < -0.39 is 14.9 Å². The number of hydrogen-bond acceptors (Lipinski definition) is 5. The molecular formula is C11H16ClN3O4S. The molecule has 0 spiro atoms. The van der Waals surface area contributed by atoms with Crippen LogP contribution in [0.2, 0.25) is 0 Å². The summed E-state index contributed by atoms with van der Waals surface area (Å²) in [6, 6.07) is 4.13. The molecule has 0 aliphatic carbocycles. The highest BCUT2D eigenvalue weighted by molar-refractivity contribution is 7.89. The van der Waals surface area contributed by atoms with Crippen LogP contribution < -0.4 is 5.32 Å². The van der Waals surface area contributed by atoms with Gasteiger partial charge in [0.15, 0.2) is 0 Å². The van der Waals surface area contributed by atoms with Gasteiger partial charge >= 0.3 is 0 Å². The van der Waals surface area contributed by atoms with Crippen molar-refractivity contribution in [3.05, 3.63) is 33.9 Å². The van der Waals surface area contributed by atoms with Gasteiger partial charge in [-0.1, -0.05) is 6.07 Å². The Hall–Kier alpha value is -1.22. The van der Waals surface area contributed by atoms with E-state index >= 15 is 0 Å². The SMILES string of the molecule is Cc1c([N+](=O)[O-])cccc1S(=O)(=O)N1CCNCC1.Cl. The molecular weight excluding hydrogens is 306 g/mol. The highest BCUT2D eigenvalue weighted by Gasteiger charge is 2.29. The van der Waals surface area contributed by atoms with Crippen molar-refractivity contribution in [2.24, 2.45) is 0 Å². The molecule has 0 amide bonds. The molecule has 0 bridgehead atoms. The normalized spacial score (nSPS) is 16.4. The van der Waals surface area contributed by atoms with Gasteiger partial charge in [-0.15, -0.1) is 12.4 Å². The van der Waals surface area contributed by atoms with Crippen molar-refractivity contribution in [3.8, 4) is 0 Å². The second kappa shape index (κ2) is 6.49. The minimum absolute atomic E-state index is 0. The van der Waals surface area contributed by atoms with Gasteiger partial charge in [0.1, 0.15) is 0 Å². The van der Waals surface area contributed by atoms with Gasteiger partial charge in [-0.25, -0.2) is 8.42 Å². The summed E-state index contributed by atoms with van der Waals surface area (Å²) >= 11 is 0. The van der Waals surface area contributed by atoms with Crippen LogP contribution in [-0.4, -0.2) is 43.8 Å². The minimum atomic E-state index is -3.66. The standard InChI is InChI=1S/C11H15N3O4S.ClH/c1-9-10(14(15)16)3-2-4-11(9)19(17,18)13-7-5-12-6-8-13;/h2-4,12H,5-8H2,1H3;1H. The Labute approximate surface area is 123 Å². The Balaban J connectivity index is 0.00000200. The zero-order valence-corrected chi connectivity index (χ0v) is 12.5. The molecule has 1 aromatic carbocycles. The number of nitrogens with zero attached hydrogens (tertiary/aromatic N) is 2. The fourth-order valence-corrected chi connectivity index (χ4v) is 3.79. The molecule has 1 aromatic rings. The van der Waals surface area contributed by atoms with Crippen LogP contribution in [-0.2, 0) is 10.0 Å². The van der Waals surface area contributed by atoms with Gasteiger partial charge in [0, 0.05) is 37.8 Å². The van der Waals surface area contributed by atoms with Crippen LogP contribution in [0.15, 0.2) is 23.1 Å². The lowest BCUT2D eigenvalue weighted by molar-refractivity contribution is -0.385. The van der Waals surface area contributed by atoms with E-state index in [0.717, 1.165) is 0 Å². The predicted molar refractivity (Wildman–Crippen MR) is 76.7 cm³/mol. The number of nitro benzene ring substituents is 1. The number of nitrogens with one attached hydrogen (secondary N) is 1. The molecule has 0 radical (unpaired) electrons. The second-order valence-corrected chi connectivity index (χ2v) is 6.22. The number of hydrogen-bond donors (Lipinski definition) is 1. The maximum atomic E-state index is 12.5. The van der Waals surface area contributed by atoms with E-state index in [9.17, 15) is 18.5 Å². The summed E-state index contributed by atoms with van der Waals surface area (Å²) in [4.78, 5) is 10.3. The van der Waals surface area contributed by atoms with Crippen molar-refractivity contribution in [3.63, 3.8) is 0 Å². The first-order valence-electron chi connectivity index (χ1n) is 5.89. The van der Waals surface area contributed by atoms with E-state index in [4.69, 9.17) is 0 Å². The van der Waals surface area contributed by atoms with Crippen molar-refractivity contribution < 1.29 is 13.3 Å². The Morgan fingerprint density at radius 2 is 1.90 bits per heavy atom. The van der Waals surface area contributed by atoms with Crippen molar-refractivity contribution in [1.82, 2.24) is 9.62 Å². The molecule has 0 atom stereocenters. The van der Waals surface area contributed by atoms with Gasteiger partial charge in [0.25, 0.3) is 5.69 Å². The summed E-state index contributed by atoms with van der Waals surface area (Å²) in [6.45, 7) is 3.41. The maximum absolute atomic E-state index is 12.5. The van der Waals surface area contributed by atoms with Crippen molar-refractivity contribution in [1.29, 1.82) is 0 Å². The Morgan fingerprint density at radius 1 is 1.30 bits per heavy atom.